The van der Waals surface area contributed by atoms with Crippen LogP contribution in [0.5, 0.6) is 5.75 Å². The standard InChI is InChI=1S/C15H20FNO3/c1-4-20-13-6-5-11(7-12(13)16)10(2)17-14(18)15(3)8-19-9-15/h5-7,10H,4,8-9H2,1-3H3,(H,17,18)/t10-/m1/s1. The van der Waals surface area contributed by atoms with Gasteiger partial charge >= 0.3 is 0 Å². The lowest BCUT2D eigenvalue weighted by atomic mass is 9.87. The second kappa shape index (κ2) is 5.79. The zero-order chi connectivity index (χ0) is 14.8. The summed E-state index contributed by atoms with van der Waals surface area (Å²) in [6.45, 7) is 6.78. The fourth-order valence-electron chi connectivity index (χ4n) is 2.05. The molecule has 1 amide bonds. The van der Waals surface area contributed by atoms with Crippen molar-refractivity contribution in [1.82, 2.24) is 5.32 Å². The van der Waals surface area contributed by atoms with Crippen LogP contribution in [0.4, 0.5) is 4.39 Å². The molecule has 1 aliphatic heterocycles. The molecule has 4 nitrogen and oxygen atoms in total. The lowest BCUT2D eigenvalue weighted by Gasteiger charge is -2.37. The first-order valence-corrected chi connectivity index (χ1v) is 6.77. The van der Waals surface area contributed by atoms with Crippen molar-refractivity contribution in [2.45, 2.75) is 26.8 Å². The van der Waals surface area contributed by atoms with Crippen molar-refractivity contribution in [3.05, 3.63) is 29.6 Å². The third-order valence-electron chi connectivity index (χ3n) is 3.49. The van der Waals surface area contributed by atoms with E-state index in [2.05, 4.69) is 5.32 Å². The normalized spacial score (nSPS) is 18.0. The van der Waals surface area contributed by atoms with Crippen LogP contribution in [0, 0.1) is 11.2 Å². The van der Waals surface area contributed by atoms with Crippen molar-refractivity contribution in [2.24, 2.45) is 5.41 Å². The Kier molecular flexibility index (Phi) is 4.28. The van der Waals surface area contributed by atoms with Gasteiger partial charge in [-0.3, -0.25) is 4.79 Å². The fourth-order valence-corrected chi connectivity index (χ4v) is 2.05. The van der Waals surface area contributed by atoms with Crippen LogP contribution in [0.1, 0.15) is 32.4 Å². The highest BCUT2D eigenvalue weighted by Gasteiger charge is 2.41. The monoisotopic (exact) mass is 281 g/mol. The molecular weight excluding hydrogens is 261 g/mol. The summed E-state index contributed by atoms with van der Waals surface area (Å²) in [5.41, 5.74) is 0.251. The van der Waals surface area contributed by atoms with Crippen molar-refractivity contribution < 1.29 is 18.7 Å². The summed E-state index contributed by atoms with van der Waals surface area (Å²) in [6.07, 6.45) is 0. The Morgan fingerprint density at radius 2 is 2.25 bits per heavy atom. The molecule has 0 aromatic heterocycles. The molecule has 1 atom stereocenters. The molecule has 1 heterocycles. The Morgan fingerprint density at radius 1 is 1.55 bits per heavy atom. The number of hydrogen-bond acceptors (Lipinski definition) is 3. The smallest absolute Gasteiger partial charge is 0.231 e. The Hall–Kier alpha value is -1.62. The third kappa shape index (κ3) is 2.93. The first-order valence-electron chi connectivity index (χ1n) is 6.77. The zero-order valence-electron chi connectivity index (χ0n) is 12.0. The Bertz CT molecular complexity index is 500. The van der Waals surface area contributed by atoms with Crippen molar-refractivity contribution in [3.63, 3.8) is 0 Å². The van der Waals surface area contributed by atoms with E-state index < -0.39 is 11.2 Å². The van der Waals surface area contributed by atoms with Gasteiger partial charge in [0.15, 0.2) is 11.6 Å². The lowest BCUT2D eigenvalue weighted by Crippen LogP contribution is -2.52. The Morgan fingerprint density at radius 3 is 2.75 bits per heavy atom. The third-order valence-corrected chi connectivity index (χ3v) is 3.49. The molecule has 0 unspecified atom stereocenters. The van der Waals surface area contributed by atoms with Gasteiger partial charge in [0.05, 0.1) is 31.3 Å². The highest BCUT2D eigenvalue weighted by Crippen LogP contribution is 2.28. The molecule has 0 aliphatic carbocycles. The van der Waals surface area contributed by atoms with E-state index in [9.17, 15) is 9.18 Å². The SMILES string of the molecule is CCOc1ccc([C@@H](C)NC(=O)C2(C)COC2)cc1F. The minimum absolute atomic E-state index is 0.0643. The van der Waals surface area contributed by atoms with Gasteiger partial charge in [-0.05, 0) is 38.5 Å². The average Bonchev–Trinajstić information content (AvgIpc) is 2.38. The van der Waals surface area contributed by atoms with Crippen molar-refractivity contribution in [2.75, 3.05) is 19.8 Å². The highest BCUT2D eigenvalue weighted by molar-refractivity contribution is 5.83. The van der Waals surface area contributed by atoms with Gasteiger partial charge in [0.2, 0.25) is 5.91 Å². The zero-order valence-corrected chi connectivity index (χ0v) is 12.0. The predicted octanol–water partition coefficient (Wildman–Crippen LogP) is 2.44. The van der Waals surface area contributed by atoms with E-state index in [0.717, 1.165) is 0 Å². The number of carbonyl (C=O) groups excluding carboxylic acids is 1. The number of rotatable bonds is 5. The maximum absolute atomic E-state index is 13.8. The number of hydrogen-bond donors (Lipinski definition) is 1. The summed E-state index contributed by atoms with van der Waals surface area (Å²) in [6, 6.07) is 4.49. The van der Waals surface area contributed by atoms with Gasteiger partial charge < -0.3 is 14.8 Å². The van der Waals surface area contributed by atoms with Crippen LogP contribution >= 0.6 is 0 Å². The molecule has 1 aliphatic rings. The van der Waals surface area contributed by atoms with Crippen molar-refractivity contribution in [3.8, 4) is 5.75 Å². The quantitative estimate of drug-likeness (QED) is 0.901. The largest absolute Gasteiger partial charge is 0.491 e. The summed E-state index contributed by atoms with van der Waals surface area (Å²) in [5, 5.41) is 2.89. The topological polar surface area (TPSA) is 47.6 Å². The summed E-state index contributed by atoms with van der Waals surface area (Å²) >= 11 is 0. The van der Waals surface area contributed by atoms with Gasteiger partial charge in [0.1, 0.15) is 0 Å². The first kappa shape index (κ1) is 14.8. The highest BCUT2D eigenvalue weighted by atomic mass is 19.1. The first-order chi connectivity index (χ1) is 9.46. The second-order valence-corrected chi connectivity index (χ2v) is 5.37. The number of amides is 1. The molecule has 1 aromatic rings. The number of ether oxygens (including phenoxy) is 2. The summed E-state index contributed by atoms with van der Waals surface area (Å²) in [5.74, 6) is -0.247. The summed E-state index contributed by atoms with van der Waals surface area (Å²) in [4.78, 5) is 12.1. The number of halogens is 1. The van der Waals surface area contributed by atoms with Gasteiger partial charge in [-0.1, -0.05) is 6.07 Å². The molecule has 1 aromatic carbocycles. The van der Waals surface area contributed by atoms with Gasteiger partial charge in [0.25, 0.3) is 0 Å². The minimum Gasteiger partial charge on any atom is -0.491 e. The van der Waals surface area contributed by atoms with Gasteiger partial charge in [-0.2, -0.15) is 0 Å². The van der Waals surface area contributed by atoms with Crippen LogP contribution in [0.2, 0.25) is 0 Å². The molecule has 0 bridgehead atoms. The molecule has 110 valence electrons. The number of nitrogens with one attached hydrogen (secondary N) is 1. The average molecular weight is 281 g/mol. The molecule has 0 saturated carbocycles. The molecule has 1 saturated heterocycles. The van der Waals surface area contributed by atoms with Crippen LogP contribution in [0.3, 0.4) is 0 Å². The fraction of sp³-hybridized carbons (Fsp3) is 0.533. The molecule has 5 heteroatoms. The molecule has 2 rings (SSSR count). The van der Waals surface area contributed by atoms with Crippen LogP contribution in [-0.4, -0.2) is 25.7 Å². The van der Waals surface area contributed by atoms with E-state index in [-0.39, 0.29) is 17.7 Å². The van der Waals surface area contributed by atoms with E-state index in [0.29, 0.717) is 25.4 Å². The van der Waals surface area contributed by atoms with Gasteiger partial charge in [0, 0.05) is 0 Å². The number of carbonyl (C=O) groups is 1. The van der Waals surface area contributed by atoms with Crippen LogP contribution in [-0.2, 0) is 9.53 Å². The van der Waals surface area contributed by atoms with Crippen molar-refractivity contribution in [1.29, 1.82) is 0 Å². The van der Waals surface area contributed by atoms with E-state index >= 15 is 0 Å². The van der Waals surface area contributed by atoms with E-state index in [1.165, 1.54) is 6.07 Å². The Labute approximate surface area is 118 Å². The maximum atomic E-state index is 13.8. The Balaban J connectivity index is 2.03. The molecule has 1 N–H and O–H groups in total. The second-order valence-electron chi connectivity index (χ2n) is 5.37. The van der Waals surface area contributed by atoms with E-state index in [1.54, 1.807) is 19.1 Å². The van der Waals surface area contributed by atoms with Crippen molar-refractivity contribution >= 4 is 5.91 Å². The molecule has 1 fully saturated rings. The van der Waals surface area contributed by atoms with Crippen LogP contribution in [0.25, 0.3) is 0 Å². The molecule has 0 radical (unpaired) electrons. The lowest BCUT2D eigenvalue weighted by molar-refractivity contribution is -0.158. The van der Waals surface area contributed by atoms with E-state index in [1.807, 2.05) is 13.8 Å². The van der Waals surface area contributed by atoms with Gasteiger partial charge in [-0.25, -0.2) is 4.39 Å². The molecule has 0 spiro atoms. The molecule has 20 heavy (non-hydrogen) atoms. The summed E-state index contributed by atoms with van der Waals surface area (Å²) < 4.78 is 24.0. The maximum Gasteiger partial charge on any atom is 0.231 e. The minimum atomic E-state index is -0.460. The molecular formula is C15H20FNO3. The van der Waals surface area contributed by atoms with E-state index in [4.69, 9.17) is 9.47 Å². The predicted molar refractivity (Wildman–Crippen MR) is 73.1 cm³/mol. The van der Waals surface area contributed by atoms with Crippen LogP contribution < -0.4 is 10.1 Å². The van der Waals surface area contributed by atoms with Crippen LogP contribution in [0.15, 0.2) is 18.2 Å². The van der Waals surface area contributed by atoms with Gasteiger partial charge in [-0.15, -0.1) is 0 Å². The summed E-state index contributed by atoms with van der Waals surface area (Å²) in [7, 11) is 0. The number of benzene rings is 1.